The number of rotatable bonds is 12. The molecule has 0 aliphatic carbocycles. The maximum atomic E-state index is 13.2. The Hall–Kier alpha value is -5.64. The van der Waals surface area contributed by atoms with E-state index in [2.05, 4.69) is 10.6 Å². The van der Waals surface area contributed by atoms with Crippen molar-refractivity contribution in [2.45, 2.75) is 12.0 Å². The van der Waals surface area contributed by atoms with Crippen LogP contribution in [-0.4, -0.2) is 41.6 Å². The van der Waals surface area contributed by atoms with Gasteiger partial charge in [0.25, 0.3) is 5.69 Å². The minimum absolute atomic E-state index is 0.188. The number of carbonyl (C=O) groups is 4. The number of Topliss-reactive ketones (excluding diaryl/α,β-unsaturated/α-hetero) is 1. The molecule has 212 valence electrons. The first-order valence-corrected chi connectivity index (χ1v) is 13.0. The summed E-state index contributed by atoms with van der Waals surface area (Å²) in [4.78, 5) is 61.9. The molecule has 2 N–H and O–H groups in total. The van der Waals surface area contributed by atoms with Crippen LogP contribution < -0.4 is 10.6 Å². The van der Waals surface area contributed by atoms with Crippen molar-refractivity contribution < 1.29 is 28.8 Å². The van der Waals surface area contributed by atoms with Crippen molar-refractivity contribution in [3.8, 4) is 0 Å². The lowest BCUT2D eigenvalue weighted by molar-refractivity contribution is -0.384. The molecule has 42 heavy (non-hydrogen) atoms. The number of amides is 2. The Bertz CT molecular complexity index is 1500. The fraction of sp³-hybridized carbons (Fsp3) is 0.125. The fourth-order valence-electron chi connectivity index (χ4n) is 4.26. The van der Waals surface area contributed by atoms with Gasteiger partial charge in [0.15, 0.2) is 6.10 Å². The van der Waals surface area contributed by atoms with Crippen LogP contribution in [0.5, 0.6) is 0 Å². The van der Waals surface area contributed by atoms with Gasteiger partial charge in [0.1, 0.15) is 6.54 Å². The molecule has 0 saturated heterocycles. The Kier molecular flexibility index (Phi) is 9.87. The topological polar surface area (TPSA) is 145 Å². The molecule has 0 aliphatic rings. The summed E-state index contributed by atoms with van der Waals surface area (Å²) in [5, 5.41) is 16.0. The molecular formula is C32H27N3O7. The molecule has 0 radical (unpaired) electrons. The van der Waals surface area contributed by atoms with Gasteiger partial charge < -0.3 is 15.4 Å². The van der Waals surface area contributed by atoms with Crippen LogP contribution in [0.25, 0.3) is 0 Å². The Morgan fingerprint density at radius 3 is 1.71 bits per heavy atom. The predicted octanol–water partition coefficient (Wildman–Crippen LogP) is 4.13. The smallest absolute Gasteiger partial charge is 0.326 e. The zero-order valence-corrected chi connectivity index (χ0v) is 22.3. The molecule has 0 spiro atoms. The van der Waals surface area contributed by atoms with E-state index in [-0.39, 0.29) is 16.8 Å². The van der Waals surface area contributed by atoms with Crippen LogP contribution in [0, 0.1) is 10.1 Å². The van der Waals surface area contributed by atoms with Gasteiger partial charge in [-0.2, -0.15) is 0 Å². The average molecular weight is 566 g/mol. The molecule has 2 amide bonds. The van der Waals surface area contributed by atoms with Crippen molar-refractivity contribution in [3.63, 3.8) is 0 Å². The van der Waals surface area contributed by atoms with Crippen molar-refractivity contribution in [3.05, 3.63) is 148 Å². The number of ether oxygens (including phenoxy) is 1. The van der Waals surface area contributed by atoms with Crippen molar-refractivity contribution in [1.29, 1.82) is 0 Å². The zero-order chi connectivity index (χ0) is 29.9. The minimum Gasteiger partial charge on any atom is -0.448 e. The number of nitro groups is 1. The van der Waals surface area contributed by atoms with Crippen LogP contribution in [0.1, 0.15) is 39.1 Å². The third kappa shape index (κ3) is 7.72. The first-order chi connectivity index (χ1) is 20.3. The van der Waals surface area contributed by atoms with Crippen LogP contribution in [0.15, 0.2) is 115 Å². The molecule has 0 aliphatic heterocycles. The summed E-state index contributed by atoms with van der Waals surface area (Å²) in [5.41, 5.74) is 1.82. The molecule has 0 heterocycles. The number of ketones is 1. The number of hydrogen-bond acceptors (Lipinski definition) is 7. The molecule has 4 rings (SSSR count). The SMILES string of the molecule is O=C(CNC(=O)C(c1ccccc1)c1ccccc1)NCC(=O)O[C@@H](C(=O)c1ccccc1)c1ccc([N+](=O)[O-])cc1. The largest absolute Gasteiger partial charge is 0.448 e. The molecule has 4 aromatic carbocycles. The fourth-order valence-corrected chi connectivity index (χ4v) is 4.26. The van der Waals surface area contributed by atoms with E-state index in [0.29, 0.717) is 0 Å². The quantitative estimate of drug-likeness (QED) is 0.114. The number of hydrogen-bond donors (Lipinski definition) is 2. The number of nitrogens with zero attached hydrogens (tertiary/aromatic N) is 1. The van der Waals surface area contributed by atoms with Crippen LogP contribution in [0.4, 0.5) is 5.69 Å². The molecule has 0 unspecified atom stereocenters. The summed E-state index contributed by atoms with van der Waals surface area (Å²) in [6, 6.07) is 31.5. The molecule has 10 heteroatoms. The highest BCUT2D eigenvalue weighted by atomic mass is 16.6. The van der Waals surface area contributed by atoms with Gasteiger partial charge in [-0.15, -0.1) is 0 Å². The number of esters is 1. The van der Waals surface area contributed by atoms with E-state index in [4.69, 9.17) is 4.74 Å². The second-order valence-corrected chi connectivity index (χ2v) is 9.20. The summed E-state index contributed by atoms with van der Waals surface area (Å²) < 4.78 is 5.42. The lowest BCUT2D eigenvalue weighted by atomic mass is 9.90. The van der Waals surface area contributed by atoms with Gasteiger partial charge in [-0.1, -0.05) is 91.0 Å². The second kappa shape index (κ2) is 14.1. The summed E-state index contributed by atoms with van der Waals surface area (Å²) in [5.74, 6) is -3.12. The number of benzene rings is 4. The van der Waals surface area contributed by atoms with Crippen LogP contribution in [0.3, 0.4) is 0 Å². The third-order valence-electron chi connectivity index (χ3n) is 6.33. The van der Waals surface area contributed by atoms with E-state index in [9.17, 15) is 29.3 Å². The minimum atomic E-state index is -1.39. The van der Waals surface area contributed by atoms with Gasteiger partial charge in [0.05, 0.1) is 17.4 Å². The van der Waals surface area contributed by atoms with Gasteiger partial charge in [0.2, 0.25) is 17.6 Å². The Morgan fingerprint density at radius 1 is 0.667 bits per heavy atom. The van der Waals surface area contributed by atoms with E-state index < -0.39 is 53.6 Å². The zero-order valence-electron chi connectivity index (χ0n) is 22.3. The van der Waals surface area contributed by atoms with Crippen molar-refractivity contribution in [1.82, 2.24) is 10.6 Å². The van der Waals surface area contributed by atoms with E-state index >= 15 is 0 Å². The number of carbonyl (C=O) groups excluding carboxylic acids is 4. The molecule has 0 bridgehead atoms. The summed E-state index contributed by atoms with van der Waals surface area (Å²) in [6.45, 7) is -0.960. The van der Waals surface area contributed by atoms with Gasteiger partial charge in [-0.25, -0.2) is 0 Å². The number of nitrogens with one attached hydrogen (secondary N) is 2. The maximum absolute atomic E-state index is 13.2. The molecule has 0 aromatic heterocycles. The van der Waals surface area contributed by atoms with E-state index in [1.807, 2.05) is 60.7 Å². The monoisotopic (exact) mass is 565 g/mol. The lowest BCUT2D eigenvalue weighted by Crippen LogP contribution is -2.41. The maximum Gasteiger partial charge on any atom is 0.326 e. The number of non-ortho nitro benzene ring substituents is 1. The van der Waals surface area contributed by atoms with E-state index in [1.165, 1.54) is 24.3 Å². The van der Waals surface area contributed by atoms with Crippen molar-refractivity contribution in [2.75, 3.05) is 13.1 Å². The second-order valence-electron chi connectivity index (χ2n) is 9.20. The highest BCUT2D eigenvalue weighted by Gasteiger charge is 2.27. The summed E-state index contributed by atoms with van der Waals surface area (Å²) >= 11 is 0. The van der Waals surface area contributed by atoms with Crippen LogP contribution >= 0.6 is 0 Å². The van der Waals surface area contributed by atoms with Gasteiger partial charge in [-0.3, -0.25) is 29.3 Å². The first-order valence-electron chi connectivity index (χ1n) is 13.0. The third-order valence-corrected chi connectivity index (χ3v) is 6.33. The van der Waals surface area contributed by atoms with Crippen LogP contribution in [0.2, 0.25) is 0 Å². The summed E-state index contributed by atoms with van der Waals surface area (Å²) in [7, 11) is 0. The first kappa shape index (κ1) is 29.3. The van der Waals surface area contributed by atoms with Gasteiger partial charge in [-0.05, 0) is 23.3 Å². The average Bonchev–Trinajstić information content (AvgIpc) is 3.03. The highest BCUT2D eigenvalue weighted by Crippen LogP contribution is 2.26. The van der Waals surface area contributed by atoms with Gasteiger partial charge in [0, 0.05) is 23.3 Å². The Labute approximate surface area is 241 Å². The Morgan fingerprint density at radius 2 is 1.19 bits per heavy atom. The lowest BCUT2D eigenvalue weighted by Gasteiger charge is -2.18. The standard InChI is InChI=1S/C32H27N3O7/c36-27(20-34-32(39)29(22-10-4-1-5-11-22)23-12-6-2-7-13-23)33-21-28(37)42-31(30(38)24-14-8-3-9-15-24)25-16-18-26(19-17-25)35(40)41/h1-19,29,31H,20-21H2,(H,33,36)(H,34,39)/t31-/m1/s1. The predicted molar refractivity (Wildman–Crippen MR) is 153 cm³/mol. The van der Waals surface area contributed by atoms with Crippen molar-refractivity contribution >= 4 is 29.3 Å². The highest BCUT2D eigenvalue weighted by molar-refractivity contribution is 6.01. The summed E-state index contributed by atoms with van der Waals surface area (Å²) in [6.07, 6.45) is -1.39. The van der Waals surface area contributed by atoms with E-state index in [0.717, 1.165) is 11.1 Å². The van der Waals surface area contributed by atoms with E-state index in [1.54, 1.807) is 30.3 Å². The molecule has 10 nitrogen and oxygen atoms in total. The molecular weight excluding hydrogens is 538 g/mol. The molecule has 0 fully saturated rings. The molecule has 0 saturated carbocycles. The van der Waals surface area contributed by atoms with Gasteiger partial charge >= 0.3 is 5.97 Å². The Balaban J connectivity index is 1.37. The molecule has 1 atom stereocenters. The van der Waals surface area contributed by atoms with Crippen LogP contribution in [-0.2, 0) is 19.1 Å². The molecule has 4 aromatic rings. The normalized spacial score (nSPS) is 11.3. The van der Waals surface area contributed by atoms with Crippen molar-refractivity contribution in [2.24, 2.45) is 0 Å². The number of nitro benzene ring substituents is 1.